The molecule has 4 aliphatic carbocycles. The molecule has 0 bridgehead atoms. The van der Waals surface area contributed by atoms with Crippen LogP contribution >= 0.6 is 21.6 Å². The molecule has 4 fully saturated rings. The number of rotatable bonds is 29. The average molecular weight is 1010 g/mol. The third kappa shape index (κ3) is 16.1. The predicted octanol–water partition coefficient (Wildman–Crippen LogP) is 7.22. The standard InChI is InChI=1S/C52H87NO14S2/c1-33(2)10-9-11-35(5)40-14-15-41-39-13-12-37-28-38(16-19-51(37,7)42(39)17-20-52(40,41)8)64-27-26-62-23-22-61-24-25-63-31-46(56)65-21-18-44(69-68-34(3)4)36(6)53(32-54)29-45(55)66-30-43-47(57)48(58)49(59)50(60)67-43/h12,32-35,38-43,47-50,57-60H,9-11,13-31H2,1-8H3/b44-36+/t35-,38-,39+,40-,41+,42+,43-,47-,48+,49-,50?,51+,52-/m1/s1. The van der Waals surface area contributed by atoms with Crippen molar-refractivity contribution in [2.45, 2.75) is 174 Å². The maximum absolute atomic E-state index is 12.6. The Kier molecular flexibility index (Phi) is 23.6. The number of esters is 2. The molecular formula is C52H87NO14S2. The van der Waals surface area contributed by atoms with E-state index in [1.807, 2.05) is 13.8 Å². The molecule has 1 saturated heterocycles. The maximum atomic E-state index is 12.6. The van der Waals surface area contributed by atoms with Gasteiger partial charge >= 0.3 is 11.9 Å². The third-order valence-corrected chi connectivity index (χ3v) is 19.3. The molecule has 5 aliphatic rings. The Bertz CT molecular complexity index is 1680. The van der Waals surface area contributed by atoms with E-state index in [1.165, 1.54) is 79.4 Å². The molecule has 1 unspecified atom stereocenters. The first-order valence-corrected chi connectivity index (χ1v) is 28.1. The van der Waals surface area contributed by atoms with E-state index in [1.54, 1.807) is 12.5 Å². The Morgan fingerprint density at radius 1 is 0.841 bits per heavy atom. The number of fused-ring (bicyclic) bond motifs is 5. The van der Waals surface area contributed by atoms with Crippen LogP contribution in [0, 0.1) is 46.3 Å². The Labute approximate surface area is 420 Å². The van der Waals surface area contributed by atoms with E-state index >= 15 is 0 Å². The lowest BCUT2D eigenvalue weighted by molar-refractivity contribution is -0.287. The molecule has 17 heteroatoms. The second kappa shape index (κ2) is 28.1. The van der Waals surface area contributed by atoms with Gasteiger partial charge in [0, 0.05) is 22.3 Å². The van der Waals surface area contributed by atoms with E-state index in [9.17, 15) is 34.8 Å². The average Bonchev–Trinajstić information content (AvgIpc) is 3.68. The van der Waals surface area contributed by atoms with Gasteiger partial charge in [-0.1, -0.05) is 101 Å². The molecule has 396 valence electrons. The summed E-state index contributed by atoms with van der Waals surface area (Å²) in [5.74, 6) is 3.67. The van der Waals surface area contributed by atoms with E-state index in [2.05, 4.69) is 40.7 Å². The minimum Gasteiger partial charge on any atom is -0.464 e. The molecule has 0 aromatic heterocycles. The van der Waals surface area contributed by atoms with Gasteiger partial charge in [0.2, 0.25) is 6.41 Å². The number of allylic oxidation sites excluding steroid dienone is 2. The smallest absolute Gasteiger partial charge is 0.332 e. The molecule has 0 aromatic carbocycles. The molecule has 5 rings (SSSR count). The van der Waals surface area contributed by atoms with Crippen molar-refractivity contribution in [3.63, 3.8) is 0 Å². The van der Waals surface area contributed by atoms with Crippen LogP contribution in [0.1, 0.15) is 132 Å². The highest BCUT2D eigenvalue weighted by molar-refractivity contribution is 8.78. The van der Waals surface area contributed by atoms with Crippen LogP contribution in [-0.2, 0) is 47.5 Å². The number of carbonyl (C=O) groups is 3. The van der Waals surface area contributed by atoms with E-state index < -0.39 is 55.8 Å². The van der Waals surface area contributed by atoms with E-state index in [0.29, 0.717) is 60.9 Å². The molecule has 13 atom stereocenters. The fraction of sp³-hybridized carbons (Fsp3) is 0.865. The van der Waals surface area contributed by atoms with Crippen LogP contribution in [0.2, 0.25) is 0 Å². The number of aliphatic hydroxyl groups is 4. The molecule has 1 amide bonds. The van der Waals surface area contributed by atoms with Crippen LogP contribution in [0.15, 0.2) is 22.3 Å². The molecule has 1 heterocycles. The van der Waals surface area contributed by atoms with Crippen molar-refractivity contribution in [3.8, 4) is 0 Å². The Morgan fingerprint density at radius 3 is 2.25 bits per heavy atom. The van der Waals surface area contributed by atoms with Crippen LogP contribution in [0.4, 0.5) is 0 Å². The number of nitrogens with zero attached hydrogens (tertiary/aromatic N) is 1. The number of hydrogen-bond donors (Lipinski definition) is 4. The number of aliphatic hydroxyl groups excluding tert-OH is 4. The number of ether oxygens (including phenoxy) is 7. The zero-order valence-corrected chi connectivity index (χ0v) is 44.5. The summed E-state index contributed by atoms with van der Waals surface area (Å²) in [6, 6.07) is 0. The summed E-state index contributed by atoms with van der Waals surface area (Å²) >= 11 is 0. The summed E-state index contributed by atoms with van der Waals surface area (Å²) in [5, 5.41) is 39.6. The quantitative estimate of drug-likeness (QED) is 0.0192. The molecule has 69 heavy (non-hydrogen) atoms. The van der Waals surface area contributed by atoms with Gasteiger partial charge in [-0.05, 0) is 105 Å². The van der Waals surface area contributed by atoms with Gasteiger partial charge < -0.3 is 58.5 Å². The Morgan fingerprint density at radius 2 is 1.55 bits per heavy atom. The van der Waals surface area contributed by atoms with Crippen LogP contribution in [-0.4, -0.2) is 152 Å². The van der Waals surface area contributed by atoms with Gasteiger partial charge in [-0.3, -0.25) is 9.59 Å². The summed E-state index contributed by atoms with van der Waals surface area (Å²) in [5.41, 5.74) is 2.94. The lowest BCUT2D eigenvalue weighted by Crippen LogP contribution is -2.58. The van der Waals surface area contributed by atoms with Gasteiger partial charge in [-0.15, -0.1) is 0 Å². The van der Waals surface area contributed by atoms with Gasteiger partial charge in [0.25, 0.3) is 0 Å². The first-order valence-electron chi connectivity index (χ1n) is 25.9. The second-order valence-corrected chi connectivity index (χ2v) is 24.3. The summed E-state index contributed by atoms with van der Waals surface area (Å²) < 4.78 is 38.8. The minimum atomic E-state index is -1.77. The van der Waals surface area contributed by atoms with E-state index in [0.717, 1.165) is 53.2 Å². The molecule has 0 radical (unpaired) electrons. The Hall–Kier alpha value is -1.77. The predicted molar refractivity (Wildman–Crippen MR) is 266 cm³/mol. The van der Waals surface area contributed by atoms with Gasteiger partial charge in [-0.2, -0.15) is 0 Å². The van der Waals surface area contributed by atoms with Gasteiger partial charge in [0.1, 0.15) is 44.2 Å². The minimum absolute atomic E-state index is 0.0142. The number of amides is 1. The van der Waals surface area contributed by atoms with Crippen molar-refractivity contribution in [2.75, 3.05) is 66.0 Å². The van der Waals surface area contributed by atoms with E-state index in [-0.39, 0.29) is 37.6 Å². The van der Waals surface area contributed by atoms with Crippen molar-refractivity contribution < 1.29 is 68.0 Å². The molecule has 1 aliphatic heterocycles. The molecule has 0 aromatic rings. The Balaban J connectivity index is 0.912. The van der Waals surface area contributed by atoms with E-state index in [4.69, 9.17) is 33.2 Å². The SMILES string of the molecule is C/C(=C(/CCOC(=O)COCCOCCOCCO[C@@H]1CC[C@@]2(C)C(=CC[C@H]3[C@@H]4CC[C@H]([C@H](C)CCCC(C)C)[C@@]4(C)CC[C@@H]32)C1)SSC(C)C)N(C=O)CC(=O)OC[C@H]1OC(O)[C@H](O)[C@@H](O)[C@@H]1O. The van der Waals surface area contributed by atoms with Crippen LogP contribution in [0.25, 0.3) is 0 Å². The number of carbonyl (C=O) groups excluding carboxylic acids is 3. The van der Waals surface area contributed by atoms with Crippen molar-refractivity contribution in [1.82, 2.24) is 4.90 Å². The van der Waals surface area contributed by atoms with Crippen molar-refractivity contribution in [3.05, 3.63) is 22.3 Å². The highest BCUT2D eigenvalue weighted by atomic mass is 33.1. The van der Waals surface area contributed by atoms with Crippen molar-refractivity contribution in [1.29, 1.82) is 0 Å². The molecule has 4 N–H and O–H groups in total. The van der Waals surface area contributed by atoms with Crippen molar-refractivity contribution in [2.24, 2.45) is 46.3 Å². The zero-order chi connectivity index (χ0) is 50.3. The number of hydrogen-bond acceptors (Lipinski definition) is 16. The van der Waals surface area contributed by atoms with Gasteiger partial charge in [-0.25, -0.2) is 4.79 Å². The summed E-state index contributed by atoms with van der Waals surface area (Å²) in [7, 11) is 2.94. The molecule has 3 saturated carbocycles. The maximum Gasteiger partial charge on any atom is 0.332 e. The second-order valence-electron chi connectivity index (χ2n) is 21.5. The first-order chi connectivity index (χ1) is 32.9. The van der Waals surface area contributed by atoms with Crippen LogP contribution < -0.4 is 0 Å². The lowest BCUT2D eigenvalue weighted by Gasteiger charge is -2.58. The summed E-state index contributed by atoms with van der Waals surface area (Å²) in [6.07, 6.45) is 9.98. The first kappa shape index (κ1) is 58.1. The highest BCUT2D eigenvalue weighted by Crippen LogP contribution is 2.67. The van der Waals surface area contributed by atoms with Crippen LogP contribution in [0.5, 0.6) is 0 Å². The van der Waals surface area contributed by atoms with Crippen molar-refractivity contribution >= 4 is 39.9 Å². The third-order valence-electron chi connectivity index (χ3n) is 16.1. The normalized spacial score (nSPS) is 32.9. The largest absolute Gasteiger partial charge is 0.464 e. The fourth-order valence-corrected chi connectivity index (χ4v) is 14.5. The van der Waals surface area contributed by atoms with Crippen LogP contribution in [0.3, 0.4) is 0 Å². The summed E-state index contributed by atoms with van der Waals surface area (Å²) in [4.78, 5) is 39.0. The van der Waals surface area contributed by atoms with Gasteiger partial charge in [0.15, 0.2) is 6.29 Å². The monoisotopic (exact) mass is 1010 g/mol. The molecule has 15 nitrogen and oxygen atoms in total. The fourth-order valence-electron chi connectivity index (χ4n) is 12.2. The highest BCUT2D eigenvalue weighted by Gasteiger charge is 2.59. The topological polar surface area (TPSA) is 200 Å². The zero-order valence-electron chi connectivity index (χ0n) is 42.9. The molecule has 0 spiro atoms. The molecular weight excluding hydrogens is 927 g/mol. The summed E-state index contributed by atoms with van der Waals surface area (Å²) in [6.45, 7) is 19.4. The van der Waals surface area contributed by atoms with Gasteiger partial charge in [0.05, 0.1) is 52.4 Å². The lowest BCUT2D eigenvalue weighted by atomic mass is 9.47.